The molecule has 1 aromatic carbocycles. The number of rotatable bonds is 4. The van der Waals surface area contributed by atoms with Crippen LogP contribution in [0.4, 0.5) is 11.4 Å². The molecule has 1 amide bonds. The average molecular weight is 290 g/mol. The lowest BCUT2D eigenvalue weighted by Gasteiger charge is -2.13. The molecule has 3 N–H and O–H groups in total. The van der Waals surface area contributed by atoms with Gasteiger partial charge in [-0.15, -0.1) is 10.2 Å². The highest BCUT2D eigenvalue weighted by Gasteiger charge is 2.18. The van der Waals surface area contributed by atoms with E-state index in [9.17, 15) is 14.9 Å². The first-order valence-corrected chi connectivity index (χ1v) is 6.09. The normalized spacial score (nSPS) is 11.9. The smallest absolute Gasteiger partial charge is 0.292 e. The fourth-order valence-corrected chi connectivity index (χ4v) is 1.89. The molecule has 2 aromatic rings. The second kappa shape index (κ2) is 5.57. The fourth-order valence-electron chi connectivity index (χ4n) is 1.89. The molecular weight excluding hydrogens is 276 g/mol. The first kappa shape index (κ1) is 14.4. The van der Waals surface area contributed by atoms with E-state index in [1.54, 1.807) is 18.5 Å². The molecule has 1 unspecified atom stereocenters. The van der Waals surface area contributed by atoms with Crippen molar-refractivity contribution in [2.45, 2.75) is 13.0 Å². The van der Waals surface area contributed by atoms with Gasteiger partial charge < -0.3 is 15.6 Å². The fraction of sp³-hybridized carbons (Fsp3) is 0.250. The third-order valence-corrected chi connectivity index (χ3v) is 2.97. The molecule has 1 atom stereocenters. The Morgan fingerprint density at radius 1 is 1.52 bits per heavy atom. The van der Waals surface area contributed by atoms with Crippen molar-refractivity contribution in [2.24, 2.45) is 7.05 Å². The number of nitro benzene ring substituents is 1. The SMILES string of the molecule is CC(NC(=O)c1ccc([N+](=O)[O-])c(N)c1)c1nncn1C. The topological polar surface area (TPSA) is 129 Å². The van der Waals surface area contributed by atoms with E-state index in [2.05, 4.69) is 15.5 Å². The zero-order chi connectivity index (χ0) is 15.6. The summed E-state index contributed by atoms with van der Waals surface area (Å²) in [6.07, 6.45) is 1.53. The minimum absolute atomic E-state index is 0.0565. The number of aromatic nitrogens is 3. The summed E-state index contributed by atoms with van der Waals surface area (Å²) in [5, 5.41) is 21.0. The number of carbonyl (C=O) groups is 1. The van der Waals surface area contributed by atoms with Crippen LogP contribution in [0.5, 0.6) is 0 Å². The molecule has 9 nitrogen and oxygen atoms in total. The molecule has 0 saturated carbocycles. The van der Waals surface area contributed by atoms with Gasteiger partial charge in [0.1, 0.15) is 12.0 Å². The number of nitrogens with one attached hydrogen (secondary N) is 1. The van der Waals surface area contributed by atoms with Crippen molar-refractivity contribution in [1.82, 2.24) is 20.1 Å². The molecule has 110 valence electrons. The van der Waals surface area contributed by atoms with Crippen LogP contribution >= 0.6 is 0 Å². The summed E-state index contributed by atoms with van der Waals surface area (Å²) in [4.78, 5) is 22.2. The quantitative estimate of drug-likeness (QED) is 0.486. The maximum absolute atomic E-state index is 12.1. The predicted molar refractivity (Wildman–Crippen MR) is 74.4 cm³/mol. The molecule has 0 fully saturated rings. The summed E-state index contributed by atoms with van der Waals surface area (Å²) < 4.78 is 1.69. The van der Waals surface area contributed by atoms with Crippen molar-refractivity contribution < 1.29 is 9.72 Å². The van der Waals surface area contributed by atoms with Crippen LogP contribution in [0.25, 0.3) is 0 Å². The van der Waals surface area contributed by atoms with Gasteiger partial charge in [-0.1, -0.05) is 0 Å². The zero-order valence-electron chi connectivity index (χ0n) is 11.5. The Morgan fingerprint density at radius 2 is 2.24 bits per heavy atom. The number of nitrogen functional groups attached to an aromatic ring is 1. The predicted octanol–water partition coefficient (Wildman–Crippen LogP) is 0.796. The number of hydrogen-bond donors (Lipinski definition) is 2. The lowest BCUT2D eigenvalue weighted by molar-refractivity contribution is -0.383. The van der Waals surface area contributed by atoms with E-state index in [1.807, 2.05) is 0 Å². The summed E-state index contributed by atoms with van der Waals surface area (Å²) in [6, 6.07) is 3.47. The van der Waals surface area contributed by atoms with Crippen molar-refractivity contribution in [3.05, 3.63) is 46.0 Å². The number of aryl methyl sites for hydroxylation is 1. The molecule has 1 heterocycles. The lowest BCUT2D eigenvalue weighted by Crippen LogP contribution is -2.28. The molecule has 21 heavy (non-hydrogen) atoms. The van der Waals surface area contributed by atoms with Crippen LogP contribution in [0.2, 0.25) is 0 Å². The Balaban J connectivity index is 2.16. The summed E-state index contributed by atoms with van der Waals surface area (Å²) in [5.41, 5.74) is 5.52. The Hall–Kier alpha value is -2.97. The van der Waals surface area contributed by atoms with Gasteiger partial charge in [0.25, 0.3) is 11.6 Å². The van der Waals surface area contributed by atoms with E-state index < -0.39 is 10.8 Å². The Labute approximate surface area is 119 Å². The van der Waals surface area contributed by atoms with Crippen LogP contribution < -0.4 is 11.1 Å². The van der Waals surface area contributed by atoms with E-state index in [0.29, 0.717) is 5.82 Å². The van der Waals surface area contributed by atoms with E-state index in [4.69, 9.17) is 5.73 Å². The van der Waals surface area contributed by atoms with Gasteiger partial charge in [0, 0.05) is 18.7 Å². The first-order chi connectivity index (χ1) is 9.90. The monoisotopic (exact) mass is 290 g/mol. The summed E-state index contributed by atoms with van der Waals surface area (Å²) >= 11 is 0. The number of nitro groups is 1. The minimum atomic E-state index is -0.598. The highest BCUT2D eigenvalue weighted by Crippen LogP contribution is 2.22. The third kappa shape index (κ3) is 2.96. The number of hydrogen-bond acceptors (Lipinski definition) is 6. The maximum Gasteiger partial charge on any atom is 0.292 e. The maximum atomic E-state index is 12.1. The highest BCUT2D eigenvalue weighted by atomic mass is 16.6. The molecule has 0 aliphatic heterocycles. The number of nitrogens with two attached hydrogens (primary N) is 1. The summed E-state index contributed by atoms with van der Waals surface area (Å²) in [7, 11) is 1.77. The number of carbonyl (C=O) groups excluding carboxylic acids is 1. The zero-order valence-corrected chi connectivity index (χ0v) is 11.5. The van der Waals surface area contributed by atoms with Crippen LogP contribution in [-0.2, 0) is 7.05 Å². The second-order valence-electron chi connectivity index (χ2n) is 4.53. The number of amides is 1. The van der Waals surface area contributed by atoms with Gasteiger partial charge in [0.15, 0.2) is 5.82 Å². The summed E-state index contributed by atoms with van der Waals surface area (Å²) in [6.45, 7) is 1.76. The second-order valence-corrected chi connectivity index (χ2v) is 4.53. The highest BCUT2D eigenvalue weighted by molar-refractivity contribution is 5.95. The molecule has 0 aliphatic rings. The van der Waals surface area contributed by atoms with Crippen molar-refractivity contribution in [2.75, 3.05) is 5.73 Å². The average Bonchev–Trinajstić information content (AvgIpc) is 2.84. The molecule has 0 aliphatic carbocycles. The number of benzene rings is 1. The number of anilines is 1. The van der Waals surface area contributed by atoms with E-state index >= 15 is 0 Å². The summed E-state index contributed by atoms with van der Waals surface area (Å²) in [5.74, 6) is 0.199. The lowest BCUT2D eigenvalue weighted by atomic mass is 10.1. The molecule has 1 aromatic heterocycles. The molecule has 0 radical (unpaired) electrons. The molecule has 0 saturated heterocycles. The van der Waals surface area contributed by atoms with E-state index in [-0.39, 0.29) is 23.0 Å². The van der Waals surface area contributed by atoms with Crippen LogP contribution in [0, 0.1) is 10.1 Å². The van der Waals surface area contributed by atoms with Crippen molar-refractivity contribution >= 4 is 17.3 Å². The van der Waals surface area contributed by atoms with Crippen molar-refractivity contribution in [3.63, 3.8) is 0 Å². The Bertz CT molecular complexity index is 696. The first-order valence-electron chi connectivity index (χ1n) is 6.09. The Morgan fingerprint density at radius 3 is 2.76 bits per heavy atom. The molecule has 2 rings (SSSR count). The number of nitrogens with zero attached hydrogens (tertiary/aromatic N) is 4. The van der Waals surface area contributed by atoms with Gasteiger partial charge in [-0.2, -0.15) is 0 Å². The van der Waals surface area contributed by atoms with Crippen molar-refractivity contribution in [1.29, 1.82) is 0 Å². The van der Waals surface area contributed by atoms with E-state index in [1.165, 1.54) is 24.5 Å². The molecular formula is C12H14N6O3. The van der Waals surface area contributed by atoms with E-state index in [0.717, 1.165) is 0 Å². The van der Waals surface area contributed by atoms with Gasteiger partial charge in [0.2, 0.25) is 0 Å². The van der Waals surface area contributed by atoms with Gasteiger partial charge in [-0.25, -0.2) is 0 Å². The van der Waals surface area contributed by atoms with Gasteiger partial charge in [-0.3, -0.25) is 14.9 Å². The minimum Gasteiger partial charge on any atom is -0.393 e. The van der Waals surface area contributed by atoms with Gasteiger partial charge >= 0.3 is 0 Å². The van der Waals surface area contributed by atoms with Crippen LogP contribution in [0.15, 0.2) is 24.5 Å². The standard InChI is InChI=1S/C12H14N6O3/c1-7(11-16-14-6-17(11)2)15-12(19)8-3-4-10(18(20)21)9(13)5-8/h3-7H,13H2,1-2H3,(H,15,19). The molecule has 9 heteroatoms. The van der Waals surface area contributed by atoms with Crippen LogP contribution in [-0.4, -0.2) is 25.6 Å². The van der Waals surface area contributed by atoms with Crippen LogP contribution in [0.1, 0.15) is 29.1 Å². The van der Waals surface area contributed by atoms with Gasteiger partial charge in [0.05, 0.1) is 11.0 Å². The molecule has 0 bridgehead atoms. The van der Waals surface area contributed by atoms with Crippen LogP contribution in [0.3, 0.4) is 0 Å². The molecule has 0 spiro atoms. The Kier molecular flexibility index (Phi) is 3.83. The third-order valence-electron chi connectivity index (χ3n) is 2.97. The largest absolute Gasteiger partial charge is 0.393 e. The van der Waals surface area contributed by atoms with Gasteiger partial charge in [-0.05, 0) is 19.1 Å². The van der Waals surface area contributed by atoms with Crippen molar-refractivity contribution in [3.8, 4) is 0 Å².